The van der Waals surface area contributed by atoms with E-state index in [1.165, 1.54) is 23.1 Å². The molecule has 2 aromatic carbocycles. The minimum absolute atomic E-state index is 0.258. The van der Waals surface area contributed by atoms with Crippen molar-refractivity contribution in [3.05, 3.63) is 59.9 Å². The largest absolute Gasteiger partial charge is 0.450 e. The number of ether oxygens (including phenoxy) is 1. The normalized spacial score (nSPS) is 15.9. The van der Waals surface area contributed by atoms with Crippen molar-refractivity contribution in [3.63, 3.8) is 0 Å². The highest BCUT2D eigenvalue weighted by Crippen LogP contribution is 2.22. The monoisotopic (exact) mass is 413 g/mol. The summed E-state index contributed by atoms with van der Waals surface area (Å²) in [5.41, 5.74) is 0.927. The summed E-state index contributed by atoms with van der Waals surface area (Å²) < 4.78 is 18.4. The molecule has 0 aliphatic carbocycles. The van der Waals surface area contributed by atoms with Crippen molar-refractivity contribution in [2.75, 3.05) is 30.3 Å². The molecule has 30 heavy (non-hydrogen) atoms. The van der Waals surface area contributed by atoms with Crippen LogP contribution >= 0.6 is 0 Å². The fourth-order valence-corrected chi connectivity index (χ4v) is 3.36. The minimum atomic E-state index is -0.465. The number of likely N-dealkylation sites (tertiary alicyclic amines) is 1. The molecule has 1 aliphatic rings. The molecule has 3 amide bonds. The van der Waals surface area contributed by atoms with Crippen molar-refractivity contribution in [2.24, 2.45) is 5.92 Å². The molecule has 3 rings (SSSR count). The van der Waals surface area contributed by atoms with E-state index in [-0.39, 0.29) is 24.6 Å². The van der Waals surface area contributed by atoms with Gasteiger partial charge in [0.25, 0.3) is 5.91 Å². The van der Waals surface area contributed by atoms with E-state index in [9.17, 15) is 18.8 Å². The van der Waals surface area contributed by atoms with E-state index in [2.05, 4.69) is 10.6 Å². The zero-order chi connectivity index (χ0) is 21.5. The maximum atomic E-state index is 13.4. The Balaban J connectivity index is 1.69. The Hall–Kier alpha value is -3.42. The van der Waals surface area contributed by atoms with Gasteiger partial charge in [0.2, 0.25) is 5.91 Å². The van der Waals surface area contributed by atoms with Crippen LogP contribution in [-0.4, -0.2) is 42.5 Å². The number of hydrogen-bond acceptors (Lipinski definition) is 4. The van der Waals surface area contributed by atoms with Crippen LogP contribution in [0.2, 0.25) is 0 Å². The van der Waals surface area contributed by atoms with Gasteiger partial charge in [-0.1, -0.05) is 18.2 Å². The molecule has 158 valence electrons. The first kappa shape index (κ1) is 21.3. The van der Waals surface area contributed by atoms with Crippen molar-refractivity contribution in [3.8, 4) is 0 Å². The third-order valence-corrected chi connectivity index (χ3v) is 4.83. The molecule has 8 heteroatoms. The van der Waals surface area contributed by atoms with E-state index in [1.54, 1.807) is 37.3 Å². The number of halogens is 1. The first-order valence-corrected chi connectivity index (χ1v) is 9.86. The first-order chi connectivity index (χ1) is 14.5. The molecule has 0 aromatic heterocycles. The van der Waals surface area contributed by atoms with Gasteiger partial charge >= 0.3 is 6.09 Å². The van der Waals surface area contributed by atoms with E-state index >= 15 is 0 Å². The second-order valence-corrected chi connectivity index (χ2v) is 6.98. The van der Waals surface area contributed by atoms with Crippen molar-refractivity contribution in [2.45, 2.75) is 19.8 Å². The molecule has 0 bridgehead atoms. The van der Waals surface area contributed by atoms with Crippen LogP contribution in [-0.2, 0) is 9.53 Å². The maximum Gasteiger partial charge on any atom is 0.409 e. The number of benzene rings is 2. The van der Waals surface area contributed by atoms with Crippen LogP contribution in [0.1, 0.15) is 30.1 Å². The molecule has 1 saturated heterocycles. The second kappa shape index (κ2) is 9.87. The molecule has 1 unspecified atom stereocenters. The van der Waals surface area contributed by atoms with Gasteiger partial charge in [0, 0.05) is 18.8 Å². The Morgan fingerprint density at radius 3 is 2.70 bits per heavy atom. The zero-order valence-corrected chi connectivity index (χ0v) is 16.7. The molecule has 0 spiro atoms. The fourth-order valence-electron chi connectivity index (χ4n) is 3.36. The predicted octanol–water partition coefficient (Wildman–Crippen LogP) is 3.89. The molecule has 2 aromatic rings. The lowest BCUT2D eigenvalue weighted by Gasteiger charge is -2.31. The van der Waals surface area contributed by atoms with Crippen molar-refractivity contribution >= 4 is 29.3 Å². The molecule has 1 heterocycles. The number of nitrogens with one attached hydrogen (secondary N) is 2. The number of anilines is 2. The zero-order valence-electron chi connectivity index (χ0n) is 16.7. The van der Waals surface area contributed by atoms with Gasteiger partial charge in [0.05, 0.1) is 23.8 Å². The number of amides is 3. The number of nitrogens with zero attached hydrogens (tertiary/aromatic N) is 1. The van der Waals surface area contributed by atoms with E-state index in [0.29, 0.717) is 30.8 Å². The summed E-state index contributed by atoms with van der Waals surface area (Å²) in [6.07, 6.45) is 0.905. The molecule has 2 N–H and O–H groups in total. The highest BCUT2D eigenvalue weighted by Gasteiger charge is 2.29. The summed E-state index contributed by atoms with van der Waals surface area (Å²) in [7, 11) is 0. The summed E-state index contributed by atoms with van der Waals surface area (Å²) in [6, 6.07) is 12.2. The Labute approximate surface area is 174 Å². The van der Waals surface area contributed by atoms with Gasteiger partial charge < -0.3 is 20.3 Å². The third kappa shape index (κ3) is 5.34. The number of rotatable bonds is 5. The van der Waals surface area contributed by atoms with E-state index in [0.717, 1.165) is 0 Å². The van der Waals surface area contributed by atoms with Crippen LogP contribution in [0.15, 0.2) is 48.5 Å². The number of piperidine rings is 1. The molecule has 1 aliphatic heterocycles. The number of carbonyl (C=O) groups excluding carboxylic acids is 3. The lowest BCUT2D eigenvalue weighted by atomic mass is 9.97. The topological polar surface area (TPSA) is 87.7 Å². The van der Waals surface area contributed by atoms with E-state index < -0.39 is 23.7 Å². The quantitative estimate of drug-likeness (QED) is 0.779. The molecule has 0 radical (unpaired) electrons. The Morgan fingerprint density at radius 2 is 1.93 bits per heavy atom. The van der Waals surface area contributed by atoms with Crippen LogP contribution in [0.4, 0.5) is 20.6 Å². The summed E-state index contributed by atoms with van der Waals surface area (Å²) >= 11 is 0. The van der Waals surface area contributed by atoms with Crippen molar-refractivity contribution in [1.82, 2.24) is 4.90 Å². The van der Waals surface area contributed by atoms with Crippen LogP contribution in [0.25, 0.3) is 0 Å². The Morgan fingerprint density at radius 1 is 1.13 bits per heavy atom. The van der Waals surface area contributed by atoms with Gasteiger partial charge in [0.1, 0.15) is 5.82 Å². The standard InChI is InChI=1S/C22H24FN3O4/c1-2-30-22(29)26-12-6-7-15(14-26)20(27)25-19-11-4-3-10-18(19)21(28)24-17-9-5-8-16(23)13-17/h3-5,8-11,13,15H,2,6-7,12,14H2,1H3,(H,24,28)(H,25,27). The summed E-state index contributed by atoms with van der Waals surface area (Å²) in [4.78, 5) is 38.9. The van der Waals surface area contributed by atoms with Gasteiger partial charge in [-0.3, -0.25) is 9.59 Å². The van der Waals surface area contributed by atoms with E-state index in [1.807, 2.05) is 0 Å². The summed E-state index contributed by atoms with van der Waals surface area (Å²) in [5, 5.41) is 5.43. The van der Waals surface area contributed by atoms with E-state index in [4.69, 9.17) is 4.74 Å². The Bertz CT molecular complexity index is 934. The van der Waals surface area contributed by atoms with Gasteiger partial charge in [0.15, 0.2) is 0 Å². The summed E-state index contributed by atoms with van der Waals surface area (Å²) in [5.74, 6) is -1.59. The molecule has 0 saturated carbocycles. The van der Waals surface area contributed by atoms with Crippen LogP contribution in [0.5, 0.6) is 0 Å². The number of para-hydroxylation sites is 1. The lowest BCUT2D eigenvalue weighted by molar-refractivity contribution is -0.121. The summed E-state index contributed by atoms with van der Waals surface area (Å²) in [6.45, 7) is 2.83. The minimum Gasteiger partial charge on any atom is -0.450 e. The smallest absolute Gasteiger partial charge is 0.409 e. The third-order valence-electron chi connectivity index (χ3n) is 4.83. The number of carbonyl (C=O) groups is 3. The number of hydrogen-bond donors (Lipinski definition) is 2. The molecular formula is C22H24FN3O4. The Kier molecular flexibility index (Phi) is 7.00. The second-order valence-electron chi connectivity index (χ2n) is 6.98. The van der Waals surface area contributed by atoms with Crippen molar-refractivity contribution < 1.29 is 23.5 Å². The molecular weight excluding hydrogens is 389 g/mol. The van der Waals surface area contributed by atoms with Crippen LogP contribution in [0, 0.1) is 11.7 Å². The van der Waals surface area contributed by atoms with Gasteiger partial charge in [-0.2, -0.15) is 0 Å². The lowest BCUT2D eigenvalue weighted by Crippen LogP contribution is -2.44. The average molecular weight is 413 g/mol. The van der Waals surface area contributed by atoms with Gasteiger partial charge in [-0.15, -0.1) is 0 Å². The van der Waals surface area contributed by atoms with Gasteiger partial charge in [-0.05, 0) is 50.1 Å². The van der Waals surface area contributed by atoms with Gasteiger partial charge in [-0.25, -0.2) is 9.18 Å². The highest BCUT2D eigenvalue weighted by molar-refractivity contribution is 6.10. The predicted molar refractivity (Wildman–Crippen MR) is 111 cm³/mol. The van der Waals surface area contributed by atoms with Crippen LogP contribution in [0.3, 0.4) is 0 Å². The first-order valence-electron chi connectivity index (χ1n) is 9.86. The van der Waals surface area contributed by atoms with Crippen molar-refractivity contribution in [1.29, 1.82) is 0 Å². The molecule has 1 fully saturated rings. The molecule has 1 atom stereocenters. The fraction of sp³-hybridized carbons (Fsp3) is 0.318. The highest BCUT2D eigenvalue weighted by atomic mass is 19.1. The van der Waals surface area contributed by atoms with Crippen LogP contribution < -0.4 is 10.6 Å². The SMILES string of the molecule is CCOC(=O)N1CCCC(C(=O)Nc2ccccc2C(=O)Nc2cccc(F)c2)C1. The maximum absolute atomic E-state index is 13.4. The average Bonchev–Trinajstić information content (AvgIpc) is 2.74. The molecule has 7 nitrogen and oxygen atoms in total.